The van der Waals surface area contributed by atoms with Crippen LogP contribution >= 0.6 is 0 Å². The molecule has 0 bridgehead atoms. The third-order valence-electron chi connectivity index (χ3n) is 5.43. The molecule has 2 atom stereocenters. The van der Waals surface area contributed by atoms with Crippen molar-refractivity contribution in [2.24, 2.45) is 17.8 Å². The largest absolute Gasteiger partial charge is 0.0654 e. The van der Waals surface area contributed by atoms with Gasteiger partial charge in [-0.05, 0) is 17.8 Å². The van der Waals surface area contributed by atoms with E-state index >= 15 is 0 Å². The Balaban J connectivity index is 3.96. The van der Waals surface area contributed by atoms with Crippen LogP contribution in [0, 0.1) is 17.8 Å². The second-order valence-corrected chi connectivity index (χ2v) is 7.85. The van der Waals surface area contributed by atoms with Gasteiger partial charge in [0.1, 0.15) is 0 Å². The maximum absolute atomic E-state index is 2.47. The molecule has 0 aromatic rings. The van der Waals surface area contributed by atoms with E-state index in [-0.39, 0.29) is 0 Å². The molecule has 22 heavy (non-hydrogen) atoms. The maximum Gasteiger partial charge on any atom is -0.0414 e. The Bertz CT molecular complexity index is 202. The first-order chi connectivity index (χ1) is 10.7. The molecule has 0 heteroatoms. The van der Waals surface area contributed by atoms with E-state index in [0.29, 0.717) is 0 Å². The van der Waals surface area contributed by atoms with Crippen molar-refractivity contribution in [2.45, 2.75) is 125 Å². The Morgan fingerprint density at radius 2 is 0.955 bits per heavy atom. The van der Waals surface area contributed by atoms with Crippen LogP contribution < -0.4 is 0 Å². The Kier molecular flexibility index (Phi) is 15.9. The van der Waals surface area contributed by atoms with Crippen molar-refractivity contribution in [1.29, 1.82) is 0 Å². The molecule has 0 aliphatic rings. The number of unbranched alkanes of at least 4 members (excludes halogenated alkanes) is 1. The SMILES string of the molecule is CCCCC(C)CCC(CCC)CCCC(CCC)CCC. The summed E-state index contributed by atoms with van der Waals surface area (Å²) in [6, 6.07) is 0. The monoisotopic (exact) mass is 310 g/mol. The molecule has 0 spiro atoms. The van der Waals surface area contributed by atoms with Crippen LogP contribution in [0.1, 0.15) is 125 Å². The fourth-order valence-corrected chi connectivity index (χ4v) is 4.00. The highest BCUT2D eigenvalue weighted by atomic mass is 14.2. The minimum absolute atomic E-state index is 0.951. The predicted octanol–water partition coefficient (Wildman–Crippen LogP) is 8.40. The smallest absolute Gasteiger partial charge is 0.0414 e. The fourth-order valence-electron chi connectivity index (χ4n) is 4.00. The molecule has 0 aromatic heterocycles. The van der Waals surface area contributed by atoms with E-state index in [1.807, 2.05) is 0 Å². The van der Waals surface area contributed by atoms with Crippen molar-refractivity contribution >= 4 is 0 Å². The van der Waals surface area contributed by atoms with Crippen LogP contribution in [0.15, 0.2) is 0 Å². The molecule has 0 saturated heterocycles. The van der Waals surface area contributed by atoms with Crippen molar-refractivity contribution in [2.75, 3.05) is 0 Å². The van der Waals surface area contributed by atoms with E-state index in [1.54, 1.807) is 0 Å². The topological polar surface area (TPSA) is 0 Å². The molecule has 0 nitrogen and oxygen atoms in total. The van der Waals surface area contributed by atoms with Crippen LogP contribution in [-0.2, 0) is 0 Å². The lowest BCUT2D eigenvalue weighted by atomic mass is 9.85. The van der Waals surface area contributed by atoms with E-state index in [1.165, 1.54) is 89.9 Å². The van der Waals surface area contributed by atoms with Gasteiger partial charge in [0.15, 0.2) is 0 Å². The van der Waals surface area contributed by atoms with E-state index in [0.717, 1.165) is 17.8 Å². The highest BCUT2D eigenvalue weighted by molar-refractivity contribution is 4.65. The summed E-state index contributed by atoms with van der Waals surface area (Å²) in [5, 5.41) is 0. The van der Waals surface area contributed by atoms with Gasteiger partial charge in [-0.1, -0.05) is 125 Å². The molecule has 0 amide bonds. The number of hydrogen-bond donors (Lipinski definition) is 0. The van der Waals surface area contributed by atoms with Gasteiger partial charge >= 0.3 is 0 Å². The highest BCUT2D eigenvalue weighted by Crippen LogP contribution is 2.27. The Hall–Kier alpha value is 0. The lowest BCUT2D eigenvalue weighted by Gasteiger charge is -2.21. The molecule has 0 aliphatic heterocycles. The normalized spacial score (nSPS) is 14.5. The van der Waals surface area contributed by atoms with E-state index in [4.69, 9.17) is 0 Å². The standard InChI is InChI=1S/C22H46/c1-6-10-15-20(5)18-19-22(14-9-4)17-11-16-21(12-7-2)13-8-3/h20-22H,6-19H2,1-5H3. The molecule has 0 aromatic carbocycles. The molecular weight excluding hydrogens is 264 g/mol. The van der Waals surface area contributed by atoms with Gasteiger partial charge in [-0.15, -0.1) is 0 Å². The lowest BCUT2D eigenvalue weighted by molar-refractivity contribution is 0.323. The summed E-state index contributed by atoms with van der Waals surface area (Å²) in [5.41, 5.74) is 0. The predicted molar refractivity (Wildman–Crippen MR) is 103 cm³/mol. The number of hydrogen-bond acceptors (Lipinski definition) is 0. The zero-order valence-electron chi connectivity index (χ0n) is 16.6. The van der Waals surface area contributed by atoms with Crippen molar-refractivity contribution in [1.82, 2.24) is 0 Å². The molecule has 2 unspecified atom stereocenters. The Morgan fingerprint density at radius 3 is 1.41 bits per heavy atom. The third kappa shape index (κ3) is 12.5. The van der Waals surface area contributed by atoms with Crippen molar-refractivity contribution in [3.8, 4) is 0 Å². The van der Waals surface area contributed by atoms with Gasteiger partial charge in [0.25, 0.3) is 0 Å². The molecule has 0 heterocycles. The molecule has 0 radical (unpaired) electrons. The minimum atomic E-state index is 0.951. The highest BCUT2D eigenvalue weighted by Gasteiger charge is 2.12. The van der Waals surface area contributed by atoms with Gasteiger partial charge in [-0.25, -0.2) is 0 Å². The van der Waals surface area contributed by atoms with Crippen LogP contribution in [0.5, 0.6) is 0 Å². The summed E-state index contributed by atoms with van der Waals surface area (Å²) >= 11 is 0. The fraction of sp³-hybridized carbons (Fsp3) is 1.00. The average molecular weight is 311 g/mol. The molecule has 0 rings (SSSR count). The molecule has 0 N–H and O–H groups in total. The second kappa shape index (κ2) is 15.9. The molecule has 134 valence electrons. The van der Waals surface area contributed by atoms with Gasteiger partial charge in [0, 0.05) is 0 Å². The summed E-state index contributed by atoms with van der Waals surface area (Å²) in [6.07, 6.45) is 20.2. The van der Waals surface area contributed by atoms with E-state index in [2.05, 4.69) is 34.6 Å². The van der Waals surface area contributed by atoms with Crippen LogP contribution in [0.2, 0.25) is 0 Å². The Morgan fingerprint density at radius 1 is 0.455 bits per heavy atom. The molecular formula is C22H46. The van der Waals surface area contributed by atoms with Gasteiger partial charge in [-0.2, -0.15) is 0 Å². The van der Waals surface area contributed by atoms with Gasteiger partial charge in [-0.3, -0.25) is 0 Å². The van der Waals surface area contributed by atoms with E-state index < -0.39 is 0 Å². The summed E-state index contributed by atoms with van der Waals surface area (Å²) in [5.74, 6) is 2.98. The van der Waals surface area contributed by atoms with Gasteiger partial charge in [0.2, 0.25) is 0 Å². The summed E-state index contributed by atoms with van der Waals surface area (Å²) < 4.78 is 0. The minimum Gasteiger partial charge on any atom is -0.0654 e. The van der Waals surface area contributed by atoms with Crippen LogP contribution in [0.4, 0.5) is 0 Å². The first-order valence-electron chi connectivity index (χ1n) is 10.7. The van der Waals surface area contributed by atoms with Crippen LogP contribution in [-0.4, -0.2) is 0 Å². The average Bonchev–Trinajstić information content (AvgIpc) is 2.51. The zero-order valence-corrected chi connectivity index (χ0v) is 16.6. The quantitative estimate of drug-likeness (QED) is 0.268. The maximum atomic E-state index is 2.47. The van der Waals surface area contributed by atoms with Crippen molar-refractivity contribution < 1.29 is 0 Å². The lowest BCUT2D eigenvalue weighted by Crippen LogP contribution is -2.06. The van der Waals surface area contributed by atoms with Crippen molar-refractivity contribution in [3.63, 3.8) is 0 Å². The van der Waals surface area contributed by atoms with Gasteiger partial charge < -0.3 is 0 Å². The van der Waals surface area contributed by atoms with Crippen molar-refractivity contribution in [3.05, 3.63) is 0 Å². The van der Waals surface area contributed by atoms with Crippen LogP contribution in [0.3, 0.4) is 0 Å². The van der Waals surface area contributed by atoms with Gasteiger partial charge in [0.05, 0.1) is 0 Å². The second-order valence-electron chi connectivity index (χ2n) is 7.85. The third-order valence-corrected chi connectivity index (χ3v) is 5.43. The molecule has 0 saturated carbocycles. The summed E-state index contributed by atoms with van der Waals surface area (Å²) in [6.45, 7) is 11.8. The molecule has 0 fully saturated rings. The summed E-state index contributed by atoms with van der Waals surface area (Å²) in [7, 11) is 0. The number of rotatable bonds is 16. The summed E-state index contributed by atoms with van der Waals surface area (Å²) in [4.78, 5) is 0. The molecule has 0 aliphatic carbocycles. The van der Waals surface area contributed by atoms with E-state index in [9.17, 15) is 0 Å². The first kappa shape index (κ1) is 22.0. The zero-order chi connectivity index (χ0) is 16.6. The first-order valence-corrected chi connectivity index (χ1v) is 10.7. The Labute approximate surface area is 142 Å². The van der Waals surface area contributed by atoms with Crippen LogP contribution in [0.25, 0.3) is 0 Å².